The van der Waals surface area contributed by atoms with E-state index in [1.165, 1.54) is 85.8 Å². The number of nitrogens with zero attached hydrogens (tertiary/aromatic N) is 2. The standard InChI is InChI=1S/C29H33ClFN3O6S/c1-5-16-32-29(36)20(2)33(18-21-6-10-23(31)11-7-21)28(35)19-34(24-12-8-22(30)9-13-24)41(37,38)25-14-15-26(39-3)27(17-25)40-4/h6-15,17,20H,5,16,18-19H2,1-4H3,(H,32,36). The lowest BCUT2D eigenvalue weighted by Crippen LogP contribution is -2.51. The van der Waals surface area contributed by atoms with Crippen molar-refractivity contribution < 1.29 is 31.9 Å². The molecule has 2 amide bonds. The minimum Gasteiger partial charge on any atom is -0.493 e. The number of amides is 2. The third kappa shape index (κ3) is 7.89. The molecule has 1 unspecified atom stereocenters. The summed E-state index contributed by atoms with van der Waals surface area (Å²) in [6, 6.07) is 14.6. The summed E-state index contributed by atoms with van der Waals surface area (Å²) in [7, 11) is -1.52. The third-order valence-electron chi connectivity index (χ3n) is 6.32. The first kappa shape index (κ1) is 31.7. The number of rotatable bonds is 13. The molecule has 0 heterocycles. The second-order valence-electron chi connectivity index (χ2n) is 9.12. The summed E-state index contributed by atoms with van der Waals surface area (Å²) in [6.45, 7) is 3.18. The Bertz CT molecular complexity index is 1450. The highest BCUT2D eigenvalue weighted by Gasteiger charge is 2.33. The van der Waals surface area contributed by atoms with Crippen molar-refractivity contribution in [2.75, 3.05) is 31.6 Å². The van der Waals surface area contributed by atoms with Gasteiger partial charge in [0.25, 0.3) is 10.0 Å². The van der Waals surface area contributed by atoms with Gasteiger partial charge in [-0.3, -0.25) is 13.9 Å². The lowest BCUT2D eigenvalue weighted by atomic mass is 10.1. The summed E-state index contributed by atoms with van der Waals surface area (Å²) in [6.07, 6.45) is 0.693. The Morgan fingerprint density at radius 1 is 0.976 bits per heavy atom. The molecule has 1 atom stereocenters. The van der Waals surface area contributed by atoms with Gasteiger partial charge < -0.3 is 19.7 Å². The molecule has 3 rings (SSSR count). The second-order valence-corrected chi connectivity index (χ2v) is 11.4. The molecule has 12 heteroatoms. The largest absolute Gasteiger partial charge is 0.493 e. The summed E-state index contributed by atoms with van der Waals surface area (Å²) in [4.78, 5) is 27.9. The first-order chi connectivity index (χ1) is 19.5. The van der Waals surface area contributed by atoms with Crippen molar-refractivity contribution >= 4 is 39.1 Å². The SMILES string of the molecule is CCCNC(=O)C(C)N(Cc1ccc(F)cc1)C(=O)CN(c1ccc(Cl)cc1)S(=O)(=O)c1ccc(OC)c(OC)c1. The molecular formula is C29H33ClFN3O6S. The fourth-order valence-electron chi connectivity index (χ4n) is 4.01. The molecule has 0 saturated carbocycles. The molecule has 9 nitrogen and oxygen atoms in total. The Labute approximate surface area is 244 Å². The van der Waals surface area contributed by atoms with Gasteiger partial charge in [-0.15, -0.1) is 0 Å². The van der Waals surface area contributed by atoms with Crippen LogP contribution < -0.4 is 19.1 Å². The van der Waals surface area contributed by atoms with Crippen molar-refractivity contribution in [1.29, 1.82) is 0 Å². The maximum absolute atomic E-state index is 14.0. The quantitative estimate of drug-likeness (QED) is 0.304. The van der Waals surface area contributed by atoms with Crippen LogP contribution in [0, 0.1) is 5.82 Å². The van der Waals surface area contributed by atoms with E-state index < -0.39 is 40.2 Å². The van der Waals surface area contributed by atoms with Crippen molar-refractivity contribution in [2.45, 2.75) is 37.8 Å². The van der Waals surface area contributed by atoms with Crippen LogP contribution in [0.1, 0.15) is 25.8 Å². The first-order valence-corrected chi connectivity index (χ1v) is 14.7. The van der Waals surface area contributed by atoms with E-state index in [1.807, 2.05) is 6.92 Å². The molecule has 0 spiro atoms. The summed E-state index contributed by atoms with van der Waals surface area (Å²) < 4.78 is 53.0. The Morgan fingerprint density at radius 3 is 2.20 bits per heavy atom. The molecule has 3 aromatic rings. The monoisotopic (exact) mass is 605 g/mol. The maximum Gasteiger partial charge on any atom is 0.264 e. The Morgan fingerprint density at radius 2 is 1.61 bits per heavy atom. The van der Waals surface area contributed by atoms with Gasteiger partial charge in [-0.1, -0.05) is 30.7 Å². The lowest BCUT2D eigenvalue weighted by molar-refractivity contribution is -0.139. The number of methoxy groups -OCH3 is 2. The number of anilines is 1. The van der Waals surface area contributed by atoms with E-state index in [0.717, 1.165) is 4.31 Å². The number of hydrogen-bond donors (Lipinski definition) is 1. The van der Waals surface area contributed by atoms with E-state index in [9.17, 15) is 22.4 Å². The number of benzene rings is 3. The molecule has 0 bridgehead atoms. The molecule has 0 fully saturated rings. The highest BCUT2D eigenvalue weighted by molar-refractivity contribution is 7.92. The van der Waals surface area contributed by atoms with Crippen LogP contribution in [0.3, 0.4) is 0 Å². The number of ether oxygens (including phenoxy) is 2. The molecular weight excluding hydrogens is 573 g/mol. The predicted octanol–water partition coefficient (Wildman–Crippen LogP) is 4.64. The molecule has 220 valence electrons. The van der Waals surface area contributed by atoms with Crippen molar-refractivity contribution in [3.8, 4) is 11.5 Å². The fourth-order valence-corrected chi connectivity index (χ4v) is 5.56. The van der Waals surface area contributed by atoms with Crippen LogP contribution in [0.2, 0.25) is 5.02 Å². The zero-order chi connectivity index (χ0) is 30.2. The predicted molar refractivity (Wildman–Crippen MR) is 155 cm³/mol. The minimum atomic E-state index is -4.33. The number of carbonyl (C=O) groups excluding carboxylic acids is 2. The van der Waals surface area contributed by atoms with E-state index >= 15 is 0 Å². The molecule has 1 N–H and O–H groups in total. The van der Waals surface area contributed by atoms with Crippen molar-refractivity contribution in [3.63, 3.8) is 0 Å². The summed E-state index contributed by atoms with van der Waals surface area (Å²) in [5.74, 6) is -0.973. The van der Waals surface area contributed by atoms with Gasteiger partial charge in [-0.25, -0.2) is 12.8 Å². The number of hydrogen-bond acceptors (Lipinski definition) is 6. The molecule has 0 aliphatic heterocycles. The second kappa shape index (κ2) is 14.2. The van der Waals surface area contributed by atoms with E-state index in [1.54, 1.807) is 6.92 Å². The van der Waals surface area contributed by atoms with E-state index in [0.29, 0.717) is 29.3 Å². The number of carbonyl (C=O) groups is 2. The number of nitrogens with one attached hydrogen (secondary N) is 1. The average molecular weight is 606 g/mol. The minimum absolute atomic E-state index is 0.0509. The summed E-state index contributed by atoms with van der Waals surface area (Å²) >= 11 is 6.05. The smallest absolute Gasteiger partial charge is 0.264 e. The van der Waals surface area contributed by atoms with Gasteiger partial charge in [0.15, 0.2) is 11.5 Å². The van der Waals surface area contributed by atoms with Crippen LogP contribution in [0.4, 0.5) is 10.1 Å². The van der Waals surface area contributed by atoms with Crippen molar-refractivity contribution in [2.24, 2.45) is 0 Å². The maximum atomic E-state index is 14.0. The Kier molecular flexibility index (Phi) is 11.0. The molecule has 41 heavy (non-hydrogen) atoms. The third-order valence-corrected chi connectivity index (χ3v) is 8.34. The zero-order valence-corrected chi connectivity index (χ0v) is 24.8. The van der Waals surface area contributed by atoms with E-state index in [2.05, 4.69) is 5.32 Å². The molecule has 0 saturated heterocycles. The molecule has 0 aliphatic rings. The average Bonchev–Trinajstić information content (AvgIpc) is 2.97. The summed E-state index contributed by atoms with van der Waals surface area (Å²) in [5, 5.41) is 3.15. The normalized spacial score (nSPS) is 11.9. The highest BCUT2D eigenvalue weighted by Crippen LogP contribution is 2.32. The van der Waals surface area contributed by atoms with E-state index in [-0.39, 0.29) is 22.9 Å². The first-order valence-electron chi connectivity index (χ1n) is 12.8. The van der Waals surface area contributed by atoms with Crippen molar-refractivity contribution in [1.82, 2.24) is 10.2 Å². The Balaban J connectivity index is 2.05. The van der Waals surface area contributed by atoms with Gasteiger partial charge in [0.05, 0.1) is 24.8 Å². The van der Waals surface area contributed by atoms with Crippen LogP contribution in [-0.4, -0.2) is 58.5 Å². The van der Waals surface area contributed by atoms with Gasteiger partial charge in [0, 0.05) is 24.2 Å². The van der Waals surface area contributed by atoms with Crippen LogP contribution in [0.15, 0.2) is 71.6 Å². The van der Waals surface area contributed by atoms with Crippen LogP contribution >= 0.6 is 11.6 Å². The van der Waals surface area contributed by atoms with Crippen LogP contribution in [-0.2, 0) is 26.2 Å². The zero-order valence-electron chi connectivity index (χ0n) is 23.3. The highest BCUT2D eigenvalue weighted by atomic mass is 35.5. The van der Waals surface area contributed by atoms with Gasteiger partial charge in [-0.2, -0.15) is 0 Å². The van der Waals surface area contributed by atoms with Gasteiger partial charge >= 0.3 is 0 Å². The topological polar surface area (TPSA) is 105 Å². The van der Waals surface area contributed by atoms with Gasteiger partial charge in [-0.05, 0) is 67.4 Å². The van der Waals surface area contributed by atoms with Crippen LogP contribution in [0.5, 0.6) is 11.5 Å². The van der Waals surface area contributed by atoms with Crippen molar-refractivity contribution in [3.05, 3.63) is 83.1 Å². The summed E-state index contributed by atoms with van der Waals surface area (Å²) in [5.41, 5.74) is 0.748. The number of sulfonamides is 1. The molecule has 0 aromatic heterocycles. The van der Waals surface area contributed by atoms with Crippen LogP contribution in [0.25, 0.3) is 0 Å². The molecule has 0 radical (unpaired) electrons. The Hall–Kier alpha value is -3.83. The molecule has 3 aromatic carbocycles. The number of halogens is 2. The fraction of sp³-hybridized carbons (Fsp3) is 0.310. The van der Waals surface area contributed by atoms with Gasteiger partial charge in [0.2, 0.25) is 11.8 Å². The molecule has 0 aliphatic carbocycles. The lowest BCUT2D eigenvalue weighted by Gasteiger charge is -2.32. The van der Waals surface area contributed by atoms with Gasteiger partial charge in [0.1, 0.15) is 18.4 Å². The van der Waals surface area contributed by atoms with E-state index in [4.69, 9.17) is 21.1 Å².